The van der Waals surface area contributed by atoms with Gasteiger partial charge in [-0.2, -0.15) is 10.2 Å². The van der Waals surface area contributed by atoms with Crippen LogP contribution in [0, 0.1) is 13.8 Å². The van der Waals surface area contributed by atoms with Gasteiger partial charge in [-0.15, -0.1) is 11.3 Å². The van der Waals surface area contributed by atoms with Crippen LogP contribution in [-0.4, -0.2) is 61.9 Å². The quantitative estimate of drug-likeness (QED) is 0.750. The molecule has 1 N–H and O–H groups in total. The van der Waals surface area contributed by atoms with Gasteiger partial charge >= 0.3 is 0 Å². The lowest BCUT2D eigenvalue weighted by molar-refractivity contribution is 0.0624. The zero-order valence-corrected chi connectivity index (χ0v) is 16.7. The Labute approximate surface area is 162 Å². The molecule has 4 rings (SSSR count). The molecule has 8 heteroatoms. The van der Waals surface area contributed by atoms with Crippen molar-refractivity contribution in [2.24, 2.45) is 7.05 Å². The minimum absolute atomic E-state index is 0.0173. The number of rotatable bonds is 4. The summed E-state index contributed by atoms with van der Waals surface area (Å²) in [6, 6.07) is 6.09. The van der Waals surface area contributed by atoms with Gasteiger partial charge in [-0.1, -0.05) is 6.07 Å². The van der Waals surface area contributed by atoms with Crippen molar-refractivity contribution in [3.05, 3.63) is 45.5 Å². The van der Waals surface area contributed by atoms with Gasteiger partial charge in [0.15, 0.2) is 0 Å². The van der Waals surface area contributed by atoms with Crippen LogP contribution >= 0.6 is 11.3 Å². The molecule has 0 atom stereocenters. The number of carbonyl (C=O) groups is 1. The van der Waals surface area contributed by atoms with E-state index >= 15 is 0 Å². The molecule has 1 aliphatic heterocycles. The van der Waals surface area contributed by atoms with Crippen LogP contribution in [0.2, 0.25) is 0 Å². The smallest absolute Gasteiger partial charge is 0.271 e. The van der Waals surface area contributed by atoms with Crippen LogP contribution < -0.4 is 0 Å². The normalized spacial score (nSPS) is 15.4. The second-order valence-electron chi connectivity index (χ2n) is 6.98. The van der Waals surface area contributed by atoms with Crippen molar-refractivity contribution < 1.29 is 4.79 Å². The number of carbonyl (C=O) groups excluding carboxylic acids is 1. The number of aromatic amines is 1. The van der Waals surface area contributed by atoms with Crippen LogP contribution in [0.3, 0.4) is 0 Å². The van der Waals surface area contributed by atoms with Gasteiger partial charge in [0.05, 0.1) is 11.4 Å². The highest BCUT2D eigenvalue weighted by Gasteiger charge is 2.24. The fourth-order valence-corrected chi connectivity index (χ4v) is 4.35. The Balaban J connectivity index is 1.41. The average Bonchev–Trinajstić information content (AvgIpc) is 3.38. The molecule has 1 saturated heterocycles. The van der Waals surface area contributed by atoms with E-state index in [1.54, 1.807) is 11.3 Å². The van der Waals surface area contributed by atoms with E-state index in [0.717, 1.165) is 55.4 Å². The van der Waals surface area contributed by atoms with E-state index in [-0.39, 0.29) is 5.91 Å². The molecule has 0 spiro atoms. The monoisotopic (exact) mass is 384 g/mol. The van der Waals surface area contributed by atoms with E-state index in [1.165, 1.54) is 4.88 Å². The number of aryl methyl sites for hydroxylation is 2. The van der Waals surface area contributed by atoms with E-state index in [1.807, 2.05) is 36.5 Å². The first-order chi connectivity index (χ1) is 13.0. The van der Waals surface area contributed by atoms with Crippen LogP contribution in [0.5, 0.6) is 0 Å². The Kier molecular flexibility index (Phi) is 4.84. The molecule has 4 heterocycles. The van der Waals surface area contributed by atoms with Crippen molar-refractivity contribution in [3.63, 3.8) is 0 Å². The van der Waals surface area contributed by atoms with Gasteiger partial charge in [0.25, 0.3) is 5.91 Å². The maximum atomic E-state index is 12.9. The van der Waals surface area contributed by atoms with Crippen molar-refractivity contribution in [2.45, 2.75) is 20.4 Å². The minimum Gasteiger partial charge on any atom is -0.335 e. The second kappa shape index (κ2) is 7.28. The van der Waals surface area contributed by atoms with E-state index < -0.39 is 0 Å². The van der Waals surface area contributed by atoms with E-state index in [4.69, 9.17) is 0 Å². The molecule has 142 valence electrons. The molecule has 1 amide bonds. The molecule has 0 saturated carbocycles. The lowest BCUT2D eigenvalue weighted by Gasteiger charge is -2.34. The Morgan fingerprint density at radius 3 is 2.67 bits per heavy atom. The van der Waals surface area contributed by atoms with Gasteiger partial charge in [-0.3, -0.25) is 19.5 Å². The molecular formula is C19H24N6OS. The van der Waals surface area contributed by atoms with Crippen LogP contribution in [0.1, 0.15) is 26.8 Å². The molecule has 0 aliphatic carbocycles. The molecule has 0 aromatic carbocycles. The highest BCUT2D eigenvalue weighted by atomic mass is 32.1. The summed E-state index contributed by atoms with van der Waals surface area (Å²) < 4.78 is 1.84. The maximum absolute atomic E-state index is 12.9. The summed E-state index contributed by atoms with van der Waals surface area (Å²) in [5, 5.41) is 13.8. The molecule has 3 aromatic heterocycles. The van der Waals surface area contributed by atoms with Gasteiger partial charge in [-0.05, 0) is 31.4 Å². The topological polar surface area (TPSA) is 70.1 Å². The molecule has 0 bridgehead atoms. The van der Waals surface area contributed by atoms with Gasteiger partial charge in [0, 0.05) is 55.9 Å². The van der Waals surface area contributed by atoms with Crippen LogP contribution in [0.4, 0.5) is 0 Å². The predicted molar refractivity (Wildman–Crippen MR) is 106 cm³/mol. The van der Waals surface area contributed by atoms with Gasteiger partial charge < -0.3 is 4.90 Å². The zero-order chi connectivity index (χ0) is 19.0. The second-order valence-corrected chi connectivity index (χ2v) is 8.02. The molecule has 0 unspecified atom stereocenters. The minimum atomic E-state index is 0.0173. The standard InChI is InChI=1S/C19H24N6OS/c1-13-18(14(2)23(3)22-13)16-11-17(21-20-16)19(26)25-8-6-24(7-9-25)12-15-5-4-10-27-15/h4-5,10-11H,6-9,12H2,1-3H3,(H,20,21). The van der Waals surface area contributed by atoms with Gasteiger partial charge in [0.1, 0.15) is 5.69 Å². The number of piperazine rings is 1. The summed E-state index contributed by atoms with van der Waals surface area (Å²) in [7, 11) is 1.92. The fourth-order valence-electron chi connectivity index (χ4n) is 3.61. The number of aromatic nitrogens is 4. The summed E-state index contributed by atoms with van der Waals surface area (Å²) in [6.07, 6.45) is 0. The number of hydrogen-bond acceptors (Lipinski definition) is 5. The molecular weight excluding hydrogens is 360 g/mol. The number of hydrogen-bond donors (Lipinski definition) is 1. The Morgan fingerprint density at radius 1 is 1.26 bits per heavy atom. The van der Waals surface area contributed by atoms with E-state index in [0.29, 0.717) is 5.69 Å². The zero-order valence-electron chi connectivity index (χ0n) is 15.9. The van der Waals surface area contributed by atoms with Gasteiger partial charge in [-0.25, -0.2) is 0 Å². The summed E-state index contributed by atoms with van der Waals surface area (Å²) in [5.41, 5.74) is 4.27. The van der Waals surface area contributed by atoms with Crippen molar-refractivity contribution in [3.8, 4) is 11.3 Å². The number of nitrogens with zero attached hydrogens (tertiary/aromatic N) is 5. The molecule has 3 aromatic rings. The SMILES string of the molecule is Cc1nn(C)c(C)c1-c1cc(C(=O)N2CCN(Cc3cccs3)CC2)[nH]n1. The van der Waals surface area contributed by atoms with E-state index in [2.05, 4.69) is 37.7 Å². The predicted octanol–water partition coefficient (Wildman–Crippen LogP) is 2.45. The third kappa shape index (κ3) is 3.54. The third-order valence-corrected chi connectivity index (χ3v) is 6.05. The summed E-state index contributed by atoms with van der Waals surface area (Å²) in [5.74, 6) is 0.0173. The van der Waals surface area contributed by atoms with Crippen molar-refractivity contribution in [2.75, 3.05) is 26.2 Å². The summed E-state index contributed by atoms with van der Waals surface area (Å²) >= 11 is 1.78. The average molecular weight is 385 g/mol. The van der Waals surface area contributed by atoms with E-state index in [9.17, 15) is 4.79 Å². The molecule has 7 nitrogen and oxygen atoms in total. The van der Waals surface area contributed by atoms with Crippen molar-refractivity contribution >= 4 is 17.2 Å². The first-order valence-corrected chi connectivity index (χ1v) is 10.0. The maximum Gasteiger partial charge on any atom is 0.271 e. The number of amides is 1. The van der Waals surface area contributed by atoms with Gasteiger partial charge in [0.2, 0.25) is 0 Å². The number of H-pyrrole nitrogens is 1. The Hall–Kier alpha value is -2.45. The lowest BCUT2D eigenvalue weighted by atomic mass is 10.1. The first kappa shape index (κ1) is 17.9. The third-order valence-electron chi connectivity index (χ3n) is 5.19. The Bertz CT molecular complexity index is 934. The van der Waals surface area contributed by atoms with Crippen molar-refractivity contribution in [1.82, 2.24) is 29.8 Å². The van der Waals surface area contributed by atoms with Crippen LogP contribution in [0.15, 0.2) is 23.6 Å². The van der Waals surface area contributed by atoms with Crippen LogP contribution in [0.25, 0.3) is 11.3 Å². The molecule has 0 radical (unpaired) electrons. The number of thiophene rings is 1. The molecule has 1 aliphatic rings. The first-order valence-electron chi connectivity index (χ1n) is 9.13. The largest absolute Gasteiger partial charge is 0.335 e. The summed E-state index contributed by atoms with van der Waals surface area (Å²) in [6.45, 7) is 8.21. The fraction of sp³-hybridized carbons (Fsp3) is 0.421. The highest BCUT2D eigenvalue weighted by Crippen LogP contribution is 2.25. The van der Waals surface area contributed by atoms with Crippen LogP contribution in [-0.2, 0) is 13.6 Å². The molecule has 1 fully saturated rings. The molecule has 27 heavy (non-hydrogen) atoms. The Morgan fingerprint density at radius 2 is 2.04 bits per heavy atom. The number of nitrogens with one attached hydrogen (secondary N) is 1. The highest BCUT2D eigenvalue weighted by molar-refractivity contribution is 7.09. The summed E-state index contributed by atoms with van der Waals surface area (Å²) in [4.78, 5) is 18.5. The van der Waals surface area contributed by atoms with Crippen molar-refractivity contribution in [1.29, 1.82) is 0 Å². The lowest BCUT2D eigenvalue weighted by Crippen LogP contribution is -2.48.